The van der Waals surface area contributed by atoms with Gasteiger partial charge in [-0.05, 0) is 18.8 Å². The maximum absolute atomic E-state index is 12.4. The lowest BCUT2D eigenvalue weighted by molar-refractivity contribution is 0.300. The van der Waals surface area contributed by atoms with Crippen molar-refractivity contribution in [1.82, 2.24) is 14.3 Å². The Labute approximate surface area is 120 Å². The van der Waals surface area contributed by atoms with Gasteiger partial charge in [-0.2, -0.15) is 0 Å². The van der Waals surface area contributed by atoms with Crippen LogP contribution in [0.15, 0.2) is 17.3 Å². The predicted octanol–water partition coefficient (Wildman–Crippen LogP) is 1.72. The summed E-state index contributed by atoms with van der Waals surface area (Å²) in [4.78, 5) is 8.08. The molecule has 1 saturated carbocycles. The number of sulfonamides is 1. The van der Waals surface area contributed by atoms with Crippen molar-refractivity contribution in [2.24, 2.45) is 5.92 Å². The van der Waals surface area contributed by atoms with Gasteiger partial charge in [0.2, 0.25) is 16.0 Å². The molecule has 0 unspecified atom stereocenters. The molecule has 0 spiro atoms. The number of hydrogen-bond donors (Lipinski definition) is 1. The summed E-state index contributed by atoms with van der Waals surface area (Å²) < 4.78 is 26.3. The van der Waals surface area contributed by atoms with Gasteiger partial charge >= 0.3 is 0 Å². The van der Waals surface area contributed by atoms with Gasteiger partial charge in [-0.15, -0.1) is 0 Å². The fraction of sp³-hybridized carbons (Fsp3) is 0.692. The van der Waals surface area contributed by atoms with E-state index in [9.17, 15) is 8.42 Å². The van der Waals surface area contributed by atoms with Crippen LogP contribution in [-0.4, -0.2) is 43.3 Å². The molecule has 6 nitrogen and oxygen atoms in total. The fourth-order valence-electron chi connectivity index (χ4n) is 2.59. The van der Waals surface area contributed by atoms with E-state index in [2.05, 4.69) is 15.3 Å². The highest BCUT2D eigenvalue weighted by Gasteiger charge is 2.25. The lowest BCUT2D eigenvalue weighted by Crippen LogP contribution is -2.32. The molecule has 1 aliphatic carbocycles. The van der Waals surface area contributed by atoms with E-state index in [0.717, 1.165) is 12.8 Å². The van der Waals surface area contributed by atoms with Crippen molar-refractivity contribution in [2.75, 3.05) is 26.0 Å². The van der Waals surface area contributed by atoms with Crippen LogP contribution in [0.3, 0.4) is 0 Å². The van der Waals surface area contributed by atoms with E-state index >= 15 is 0 Å². The monoisotopic (exact) mass is 298 g/mol. The number of aromatic nitrogens is 2. The summed E-state index contributed by atoms with van der Waals surface area (Å²) in [6, 6.07) is 0. The minimum atomic E-state index is -3.48. The zero-order valence-corrected chi connectivity index (χ0v) is 12.9. The van der Waals surface area contributed by atoms with E-state index in [-0.39, 0.29) is 4.90 Å². The quantitative estimate of drug-likeness (QED) is 0.896. The van der Waals surface area contributed by atoms with Gasteiger partial charge in [0.25, 0.3) is 0 Å². The van der Waals surface area contributed by atoms with Crippen molar-refractivity contribution in [2.45, 2.75) is 37.0 Å². The van der Waals surface area contributed by atoms with E-state index in [0.29, 0.717) is 18.4 Å². The largest absolute Gasteiger partial charge is 0.357 e. The van der Waals surface area contributed by atoms with Gasteiger partial charge in [0.15, 0.2) is 0 Å². The molecule has 0 saturated heterocycles. The molecule has 1 N–H and O–H groups in total. The van der Waals surface area contributed by atoms with Gasteiger partial charge in [-0.1, -0.05) is 19.3 Å². The van der Waals surface area contributed by atoms with Gasteiger partial charge in [0, 0.05) is 20.6 Å². The third kappa shape index (κ3) is 3.46. The third-order valence-corrected chi connectivity index (χ3v) is 5.58. The number of rotatable bonds is 5. The van der Waals surface area contributed by atoms with Crippen molar-refractivity contribution in [3.8, 4) is 0 Å². The predicted molar refractivity (Wildman–Crippen MR) is 78.0 cm³/mol. The normalized spacial score (nSPS) is 17.4. The highest BCUT2D eigenvalue weighted by Crippen LogP contribution is 2.25. The van der Waals surface area contributed by atoms with Crippen LogP contribution in [0.5, 0.6) is 0 Å². The van der Waals surface area contributed by atoms with Gasteiger partial charge in [-0.25, -0.2) is 22.7 Å². The smallest absolute Gasteiger partial charge is 0.245 e. The Hall–Kier alpha value is -1.21. The molecule has 1 aromatic rings. The van der Waals surface area contributed by atoms with Gasteiger partial charge in [0.1, 0.15) is 4.90 Å². The standard InChI is InChI=1S/C13H22N4O2S/c1-14-13-15-8-12(9-16-13)20(18,19)17(2)10-11-6-4-3-5-7-11/h8-9,11H,3-7,10H2,1-2H3,(H,14,15,16). The second-order valence-corrected chi connectivity index (χ2v) is 7.33. The Balaban J connectivity index is 2.07. The zero-order chi connectivity index (χ0) is 14.6. The first kappa shape index (κ1) is 15.2. The van der Waals surface area contributed by atoms with Crippen LogP contribution in [0.2, 0.25) is 0 Å². The van der Waals surface area contributed by atoms with Crippen LogP contribution >= 0.6 is 0 Å². The molecule has 1 heterocycles. The molecule has 1 fully saturated rings. The van der Waals surface area contributed by atoms with E-state index in [4.69, 9.17) is 0 Å². The molecule has 1 aliphatic rings. The summed E-state index contributed by atoms with van der Waals surface area (Å²) >= 11 is 0. The first-order valence-electron chi connectivity index (χ1n) is 7.00. The molecule has 1 aromatic heterocycles. The minimum absolute atomic E-state index is 0.148. The van der Waals surface area contributed by atoms with Crippen LogP contribution in [-0.2, 0) is 10.0 Å². The molecule has 0 amide bonds. The van der Waals surface area contributed by atoms with Crippen LogP contribution in [0.4, 0.5) is 5.95 Å². The SMILES string of the molecule is CNc1ncc(S(=O)(=O)N(C)CC2CCCCC2)cn1. The maximum atomic E-state index is 12.4. The number of anilines is 1. The Bertz CT molecular complexity index is 524. The van der Waals surface area contributed by atoms with Gasteiger partial charge < -0.3 is 5.32 Å². The molecular formula is C13H22N4O2S. The van der Waals surface area contributed by atoms with Crippen LogP contribution < -0.4 is 5.32 Å². The molecular weight excluding hydrogens is 276 g/mol. The molecule has 0 bridgehead atoms. The third-order valence-electron chi connectivity index (χ3n) is 3.80. The molecule has 2 rings (SSSR count). The van der Waals surface area contributed by atoms with Crippen molar-refractivity contribution >= 4 is 16.0 Å². The first-order chi connectivity index (χ1) is 9.54. The molecule has 7 heteroatoms. The summed E-state index contributed by atoms with van der Waals surface area (Å²) in [5.74, 6) is 0.889. The zero-order valence-electron chi connectivity index (χ0n) is 12.0. The van der Waals surface area contributed by atoms with E-state index in [1.54, 1.807) is 14.1 Å². The van der Waals surface area contributed by atoms with Crippen molar-refractivity contribution in [3.05, 3.63) is 12.4 Å². The summed E-state index contributed by atoms with van der Waals surface area (Å²) in [5.41, 5.74) is 0. The van der Waals surface area contributed by atoms with E-state index in [1.807, 2.05) is 0 Å². The van der Waals surface area contributed by atoms with Crippen LogP contribution in [0.25, 0.3) is 0 Å². The summed E-state index contributed by atoms with van der Waals surface area (Å²) in [6.45, 7) is 0.579. The van der Waals surface area contributed by atoms with Crippen LogP contribution in [0, 0.1) is 5.92 Å². The van der Waals surface area contributed by atoms with E-state index < -0.39 is 10.0 Å². The van der Waals surface area contributed by atoms with Gasteiger partial charge in [-0.3, -0.25) is 0 Å². The number of nitrogens with one attached hydrogen (secondary N) is 1. The Morgan fingerprint density at radius 1 is 1.25 bits per heavy atom. The Morgan fingerprint density at radius 2 is 1.85 bits per heavy atom. The lowest BCUT2D eigenvalue weighted by Gasteiger charge is -2.26. The first-order valence-corrected chi connectivity index (χ1v) is 8.44. The second kappa shape index (κ2) is 6.49. The fourth-order valence-corrected chi connectivity index (χ4v) is 3.73. The van der Waals surface area contributed by atoms with Crippen molar-refractivity contribution in [3.63, 3.8) is 0 Å². The molecule has 0 atom stereocenters. The molecule has 0 aliphatic heterocycles. The van der Waals surface area contributed by atoms with Crippen molar-refractivity contribution in [1.29, 1.82) is 0 Å². The lowest BCUT2D eigenvalue weighted by atomic mass is 9.89. The summed E-state index contributed by atoms with van der Waals surface area (Å²) in [6.07, 6.45) is 8.63. The Kier molecular flexibility index (Phi) is 4.93. The highest BCUT2D eigenvalue weighted by atomic mass is 32.2. The van der Waals surface area contributed by atoms with Crippen LogP contribution in [0.1, 0.15) is 32.1 Å². The molecule has 112 valence electrons. The highest BCUT2D eigenvalue weighted by molar-refractivity contribution is 7.89. The average molecular weight is 298 g/mol. The summed E-state index contributed by atoms with van der Waals surface area (Å²) in [5, 5.41) is 2.77. The topological polar surface area (TPSA) is 75.2 Å². The Morgan fingerprint density at radius 3 is 2.40 bits per heavy atom. The second-order valence-electron chi connectivity index (χ2n) is 5.28. The van der Waals surface area contributed by atoms with E-state index in [1.165, 1.54) is 36.0 Å². The minimum Gasteiger partial charge on any atom is -0.357 e. The van der Waals surface area contributed by atoms with Crippen molar-refractivity contribution < 1.29 is 8.42 Å². The number of hydrogen-bond acceptors (Lipinski definition) is 5. The molecule has 0 aromatic carbocycles. The number of nitrogens with zero attached hydrogens (tertiary/aromatic N) is 3. The molecule has 0 radical (unpaired) electrons. The van der Waals surface area contributed by atoms with Gasteiger partial charge in [0.05, 0.1) is 12.4 Å². The summed E-state index contributed by atoms with van der Waals surface area (Å²) in [7, 11) is -0.155. The average Bonchev–Trinajstić information content (AvgIpc) is 2.48. The maximum Gasteiger partial charge on any atom is 0.245 e. The molecule has 20 heavy (non-hydrogen) atoms.